The summed E-state index contributed by atoms with van der Waals surface area (Å²) >= 11 is 6.14. The second kappa shape index (κ2) is 4.42. The van der Waals surface area contributed by atoms with E-state index in [1.165, 1.54) is 0 Å². The minimum absolute atomic E-state index is 0.529. The number of halogens is 1. The second-order valence-corrected chi connectivity index (χ2v) is 5.24. The monoisotopic (exact) mass is 255 g/mol. The molecule has 1 aliphatic rings. The van der Waals surface area contributed by atoms with Crippen molar-refractivity contribution in [2.45, 2.75) is 39.2 Å². The van der Waals surface area contributed by atoms with E-state index in [0.29, 0.717) is 17.5 Å². The van der Waals surface area contributed by atoms with Crippen LogP contribution in [0.25, 0.3) is 0 Å². The molecule has 0 amide bonds. The van der Waals surface area contributed by atoms with Crippen LogP contribution in [-0.2, 0) is 6.42 Å². The molecule has 5 heteroatoms. The average Bonchev–Trinajstić information content (AvgIpc) is 2.57. The fourth-order valence-electron chi connectivity index (χ4n) is 2.24. The van der Waals surface area contributed by atoms with Crippen LogP contribution in [0.5, 0.6) is 0 Å². The zero-order valence-electron chi connectivity index (χ0n) is 10.5. The van der Waals surface area contributed by atoms with Crippen LogP contribution in [-0.4, -0.2) is 33.8 Å². The molecule has 17 heavy (non-hydrogen) atoms. The van der Waals surface area contributed by atoms with Crippen LogP contribution >= 0.6 is 11.6 Å². The van der Waals surface area contributed by atoms with Crippen molar-refractivity contribution in [3.63, 3.8) is 0 Å². The van der Waals surface area contributed by atoms with Crippen LogP contribution in [0.3, 0.4) is 0 Å². The number of aryl methyl sites for hydroxylation is 1. The topological polar surface area (TPSA) is 49.2 Å². The fraction of sp³-hybridized carbons (Fsp3) is 0.667. The Morgan fingerprint density at radius 3 is 2.71 bits per heavy atom. The number of nitrogens with zero attached hydrogens (tertiary/aromatic N) is 3. The standard InChI is InChI=1S/C12H18ClN3O/c1-4-9-10(13)14-8(2)15-11(9)16-6-5-12(3,17)7-16/h17H,4-7H2,1-3H3. The number of aliphatic hydroxyl groups is 1. The van der Waals surface area contributed by atoms with Crippen LogP contribution in [0.1, 0.15) is 31.7 Å². The molecule has 4 nitrogen and oxygen atoms in total. The van der Waals surface area contributed by atoms with E-state index in [-0.39, 0.29) is 0 Å². The lowest BCUT2D eigenvalue weighted by molar-refractivity contribution is 0.0839. The molecule has 1 aromatic rings. The number of hydrogen-bond donors (Lipinski definition) is 1. The van der Waals surface area contributed by atoms with E-state index in [1.54, 1.807) is 0 Å². The van der Waals surface area contributed by atoms with Gasteiger partial charge < -0.3 is 10.0 Å². The maximum atomic E-state index is 10.0. The van der Waals surface area contributed by atoms with Gasteiger partial charge in [0.1, 0.15) is 16.8 Å². The SMILES string of the molecule is CCc1c(Cl)nc(C)nc1N1CCC(C)(O)C1. The van der Waals surface area contributed by atoms with Crippen LogP contribution in [0, 0.1) is 6.92 Å². The zero-order valence-corrected chi connectivity index (χ0v) is 11.3. The Labute approximate surface area is 107 Å². The van der Waals surface area contributed by atoms with Gasteiger partial charge in [0.25, 0.3) is 0 Å². The van der Waals surface area contributed by atoms with E-state index in [4.69, 9.17) is 11.6 Å². The summed E-state index contributed by atoms with van der Waals surface area (Å²) in [6.07, 6.45) is 1.56. The van der Waals surface area contributed by atoms with Gasteiger partial charge in [-0.1, -0.05) is 18.5 Å². The van der Waals surface area contributed by atoms with Gasteiger partial charge in [0, 0.05) is 18.7 Å². The van der Waals surface area contributed by atoms with Crippen molar-refractivity contribution in [3.8, 4) is 0 Å². The van der Waals surface area contributed by atoms with Gasteiger partial charge in [-0.25, -0.2) is 9.97 Å². The maximum Gasteiger partial charge on any atom is 0.138 e. The Bertz CT molecular complexity index is 434. The Morgan fingerprint density at radius 2 is 2.18 bits per heavy atom. The summed E-state index contributed by atoms with van der Waals surface area (Å²) < 4.78 is 0. The van der Waals surface area contributed by atoms with Crippen molar-refractivity contribution >= 4 is 17.4 Å². The molecular formula is C12H18ClN3O. The van der Waals surface area contributed by atoms with E-state index in [2.05, 4.69) is 14.9 Å². The summed E-state index contributed by atoms with van der Waals surface area (Å²) in [7, 11) is 0. The van der Waals surface area contributed by atoms with Gasteiger partial charge >= 0.3 is 0 Å². The summed E-state index contributed by atoms with van der Waals surface area (Å²) in [5, 5.41) is 10.5. The minimum Gasteiger partial charge on any atom is -0.388 e. The molecular weight excluding hydrogens is 238 g/mol. The molecule has 1 fully saturated rings. The first-order chi connectivity index (χ1) is 7.93. The van der Waals surface area contributed by atoms with E-state index >= 15 is 0 Å². The highest BCUT2D eigenvalue weighted by Crippen LogP contribution is 2.30. The molecule has 0 aromatic carbocycles. The number of anilines is 1. The Kier molecular flexibility index (Phi) is 3.27. The quantitative estimate of drug-likeness (QED) is 0.821. The third-order valence-corrected chi connectivity index (χ3v) is 3.46. The van der Waals surface area contributed by atoms with Crippen LogP contribution in [0.15, 0.2) is 0 Å². The molecule has 94 valence electrons. The van der Waals surface area contributed by atoms with Crippen molar-refractivity contribution in [1.82, 2.24) is 9.97 Å². The second-order valence-electron chi connectivity index (χ2n) is 4.89. The van der Waals surface area contributed by atoms with E-state index in [1.807, 2.05) is 20.8 Å². The predicted molar refractivity (Wildman–Crippen MR) is 68.6 cm³/mol. The molecule has 0 saturated carbocycles. The van der Waals surface area contributed by atoms with Crippen LogP contribution < -0.4 is 4.90 Å². The summed E-state index contributed by atoms with van der Waals surface area (Å²) in [6, 6.07) is 0. The summed E-state index contributed by atoms with van der Waals surface area (Å²) in [6.45, 7) is 7.15. The number of β-amino-alcohol motifs (C(OH)–C–C–N with tert-alkyl or cyclic N) is 1. The summed E-state index contributed by atoms with van der Waals surface area (Å²) in [5.74, 6) is 1.55. The fourth-order valence-corrected chi connectivity index (χ4v) is 2.58. The minimum atomic E-state index is -0.629. The predicted octanol–water partition coefficient (Wildman–Crippen LogP) is 1.96. The normalized spacial score (nSPS) is 24.4. The molecule has 0 spiro atoms. The third-order valence-electron chi connectivity index (χ3n) is 3.15. The first-order valence-corrected chi connectivity index (χ1v) is 6.31. The van der Waals surface area contributed by atoms with Crippen molar-refractivity contribution in [2.75, 3.05) is 18.0 Å². The molecule has 1 saturated heterocycles. The Balaban J connectivity index is 2.38. The zero-order chi connectivity index (χ0) is 12.6. The Morgan fingerprint density at radius 1 is 1.47 bits per heavy atom. The molecule has 2 heterocycles. The van der Waals surface area contributed by atoms with Gasteiger partial charge in [0.15, 0.2) is 0 Å². The highest BCUT2D eigenvalue weighted by Gasteiger charge is 2.33. The molecule has 1 aromatic heterocycles. The summed E-state index contributed by atoms with van der Waals surface area (Å²) in [4.78, 5) is 10.7. The third kappa shape index (κ3) is 2.53. The van der Waals surface area contributed by atoms with E-state index in [9.17, 15) is 5.11 Å². The van der Waals surface area contributed by atoms with E-state index < -0.39 is 5.60 Å². The number of hydrogen-bond acceptors (Lipinski definition) is 4. The van der Waals surface area contributed by atoms with Gasteiger partial charge in [-0.15, -0.1) is 0 Å². The van der Waals surface area contributed by atoms with Crippen molar-refractivity contribution in [1.29, 1.82) is 0 Å². The van der Waals surface area contributed by atoms with Gasteiger partial charge in [-0.05, 0) is 26.7 Å². The van der Waals surface area contributed by atoms with Crippen LogP contribution in [0.2, 0.25) is 5.15 Å². The molecule has 0 aliphatic carbocycles. The maximum absolute atomic E-state index is 10.0. The number of rotatable bonds is 2. The van der Waals surface area contributed by atoms with E-state index in [0.717, 1.165) is 30.8 Å². The highest BCUT2D eigenvalue weighted by atomic mass is 35.5. The molecule has 1 aliphatic heterocycles. The van der Waals surface area contributed by atoms with Crippen LogP contribution in [0.4, 0.5) is 5.82 Å². The molecule has 0 bridgehead atoms. The average molecular weight is 256 g/mol. The van der Waals surface area contributed by atoms with Gasteiger partial charge in [0.05, 0.1) is 5.60 Å². The lowest BCUT2D eigenvalue weighted by Gasteiger charge is -2.22. The molecule has 1 unspecified atom stereocenters. The first-order valence-electron chi connectivity index (χ1n) is 5.93. The Hall–Kier alpha value is -0.870. The van der Waals surface area contributed by atoms with Gasteiger partial charge in [0.2, 0.25) is 0 Å². The lowest BCUT2D eigenvalue weighted by Crippen LogP contribution is -2.30. The molecule has 1 N–H and O–H groups in total. The number of aromatic nitrogens is 2. The van der Waals surface area contributed by atoms with Gasteiger partial charge in [-0.2, -0.15) is 0 Å². The molecule has 2 rings (SSSR count). The largest absolute Gasteiger partial charge is 0.388 e. The van der Waals surface area contributed by atoms with Crippen molar-refractivity contribution in [3.05, 3.63) is 16.5 Å². The van der Waals surface area contributed by atoms with Gasteiger partial charge in [-0.3, -0.25) is 0 Å². The highest BCUT2D eigenvalue weighted by molar-refractivity contribution is 6.30. The molecule has 1 atom stereocenters. The lowest BCUT2D eigenvalue weighted by atomic mass is 10.1. The summed E-state index contributed by atoms with van der Waals surface area (Å²) in [5.41, 5.74) is 0.339. The van der Waals surface area contributed by atoms with Crippen molar-refractivity contribution in [2.24, 2.45) is 0 Å². The first kappa shape index (κ1) is 12.6. The van der Waals surface area contributed by atoms with Crippen molar-refractivity contribution < 1.29 is 5.11 Å². The molecule has 0 radical (unpaired) electrons. The smallest absolute Gasteiger partial charge is 0.138 e.